The van der Waals surface area contributed by atoms with Crippen LogP contribution >= 0.6 is 0 Å². The number of nitrogens with one attached hydrogen (secondary N) is 2. The second-order valence-corrected chi connectivity index (χ2v) is 5.78. The van der Waals surface area contributed by atoms with E-state index in [1.54, 1.807) is 0 Å². The fraction of sp³-hybridized carbons (Fsp3) is 1.00. The molecule has 0 aromatic heterocycles. The van der Waals surface area contributed by atoms with Crippen molar-refractivity contribution in [2.75, 3.05) is 46.4 Å². The van der Waals surface area contributed by atoms with E-state index in [-0.39, 0.29) is 5.92 Å². The van der Waals surface area contributed by atoms with E-state index in [0.717, 1.165) is 6.54 Å². The molecule has 0 aromatic rings. The number of rotatable bonds is 6. The van der Waals surface area contributed by atoms with Crippen LogP contribution in [0.5, 0.6) is 0 Å². The minimum absolute atomic E-state index is 0.279. The van der Waals surface area contributed by atoms with E-state index in [1.165, 1.54) is 4.31 Å². The first-order valence-corrected chi connectivity index (χ1v) is 6.97. The van der Waals surface area contributed by atoms with Gasteiger partial charge in [-0.15, -0.1) is 0 Å². The largest absolute Gasteiger partial charge is 0.379 e. The van der Waals surface area contributed by atoms with Gasteiger partial charge < -0.3 is 10.1 Å². The Kier molecular flexibility index (Phi) is 5.63. The average Bonchev–Trinajstić information content (AvgIpc) is 2.28. The molecule has 0 saturated carbocycles. The van der Waals surface area contributed by atoms with Crippen molar-refractivity contribution >= 4 is 10.2 Å². The summed E-state index contributed by atoms with van der Waals surface area (Å²) >= 11 is 0. The van der Waals surface area contributed by atoms with Gasteiger partial charge in [-0.2, -0.15) is 12.7 Å². The van der Waals surface area contributed by atoms with Crippen LogP contribution in [0.25, 0.3) is 0 Å². The van der Waals surface area contributed by atoms with E-state index in [2.05, 4.69) is 10.0 Å². The van der Waals surface area contributed by atoms with Gasteiger partial charge in [0.1, 0.15) is 0 Å². The van der Waals surface area contributed by atoms with E-state index in [4.69, 9.17) is 4.74 Å². The van der Waals surface area contributed by atoms with E-state index in [1.807, 2.05) is 14.0 Å². The Hall–Kier alpha value is -0.210. The number of hydrogen-bond donors (Lipinski definition) is 2. The Balaban J connectivity index is 2.38. The van der Waals surface area contributed by atoms with E-state index >= 15 is 0 Å². The summed E-state index contributed by atoms with van der Waals surface area (Å²) in [7, 11) is -1.47. The first kappa shape index (κ1) is 13.9. The average molecular weight is 251 g/mol. The predicted octanol–water partition coefficient (Wildman–Crippen LogP) is -0.991. The Morgan fingerprint density at radius 2 is 1.94 bits per heavy atom. The molecule has 1 atom stereocenters. The van der Waals surface area contributed by atoms with E-state index in [9.17, 15) is 8.42 Å². The molecule has 1 aliphatic heterocycles. The zero-order valence-electron chi connectivity index (χ0n) is 9.90. The summed E-state index contributed by atoms with van der Waals surface area (Å²) in [4.78, 5) is 0. The van der Waals surface area contributed by atoms with E-state index in [0.29, 0.717) is 32.8 Å². The lowest BCUT2D eigenvalue weighted by Crippen LogP contribution is -2.47. The van der Waals surface area contributed by atoms with Crippen molar-refractivity contribution in [3.05, 3.63) is 0 Å². The fourth-order valence-corrected chi connectivity index (χ4v) is 2.85. The van der Waals surface area contributed by atoms with Crippen molar-refractivity contribution in [3.8, 4) is 0 Å². The second-order valence-electron chi connectivity index (χ2n) is 4.03. The van der Waals surface area contributed by atoms with Gasteiger partial charge in [-0.05, 0) is 19.5 Å². The van der Waals surface area contributed by atoms with Gasteiger partial charge in [0.2, 0.25) is 0 Å². The van der Waals surface area contributed by atoms with Crippen LogP contribution in [-0.4, -0.2) is 59.2 Å². The summed E-state index contributed by atoms with van der Waals surface area (Å²) in [5.41, 5.74) is 0. The maximum absolute atomic E-state index is 11.8. The van der Waals surface area contributed by atoms with Crippen molar-refractivity contribution in [2.45, 2.75) is 6.92 Å². The molecule has 1 fully saturated rings. The lowest BCUT2D eigenvalue weighted by atomic mass is 10.2. The van der Waals surface area contributed by atoms with Crippen LogP contribution < -0.4 is 10.0 Å². The summed E-state index contributed by atoms with van der Waals surface area (Å²) in [5.74, 6) is 0.279. The minimum atomic E-state index is -3.32. The molecule has 16 heavy (non-hydrogen) atoms. The standard InChI is InChI=1S/C9H21N3O3S/c1-9(7-10-2)8-11-16(13,14)12-3-5-15-6-4-12/h9-11H,3-8H2,1-2H3. The fourth-order valence-electron chi connectivity index (χ4n) is 1.55. The lowest BCUT2D eigenvalue weighted by Gasteiger charge is -2.26. The van der Waals surface area contributed by atoms with Crippen LogP contribution in [0.4, 0.5) is 0 Å². The van der Waals surface area contributed by atoms with Crippen LogP contribution in [0.1, 0.15) is 6.92 Å². The molecule has 0 radical (unpaired) electrons. The molecule has 1 heterocycles. The summed E-state index contributed by atoms with van der Waals surface area (Å²) < 4.78 is 32.8. The van der Waals surface area contributed by atoms with Crippen LogP contribution in [-0.2, 0) is 14.9 Å². The smallest absolute Gasteiger partial charge is 0.279 e. The first-order valence-electron chi connectivity index (χ1n) is 5.53. The van der Waals surface area contributed by atoms with Gasteiger partial charge in [0.05, 0.1) is 13.2 Å². The Bertz CT molecular complexity index is 288. The Morgan fingerprint density at radius 1 is 1.31 bits per heavy atom. The molecule has 7 heteroatoms. The highest BCUT2D eigenvalue weighted by molar-refractivity contribution is 7.87. The monoisotopic (exact) mass is 251 g/mol. The number of nitrogens with zero attached hydrogens (tertiary/aromatic N) is 1. The molecule has 1 aliphatic rings. The number of ether oxygens (including phenoxy) is 1. The Morgan fingerprint density at radius 3 is 2.50 bits per heavy atom. The second kappa shape index (κ2) is 6.51. The van der Waals surface area contributed by atoms with Gasteiger partial charge in [0.25, 0.3) is 10.2 Å². The molecule has 0 amide bonds. The van der Waals surface area contributed by atoms with Gasteiger partial charge >= 0.3 is 0 Å². The molecule has 96 valence electrons. The summed E-state index contributed by atoms with van der Waals surface area (Å²) in [6.45, 7) is 5.09. The molecule has 6 nitrogen and oxygen atoms in total. The highest BCUT2D eigenvalue weighted by atomic mass is 32.2. The lowest BCUT2D eigenvalue weighted by molar-refractivity contribution is 0.0724. The predicted molar refractivity (Wildman–Crippen MR) is 62.4 cm³/mol. The third-order valence-electron chi connectivity index (χ3n) is 2.48. The van der Waals surface area contributed by atoms with Crippen LogP contribution in [0.3, 0.4) is 0 Å². The van der Waals surface area contributed by atoms with Crippen molar-refractivity contribution < 1.29 is 13.2 Å². The highest BCUT2D eigenvalue weighted by Gasteiger charge is 2.23. The highest BCUT2D eigenvalue weighted by Crippen LogP contribution is 2.03. The molecular weight excluding hydrogens is 230 g/mol. The van der Waals surface area contributed by atoms with Crippen molar-refractivity contribution in [1.82, 2.24) is 14.3 Å². The van der Waals surface area contributed by atoms with Gasteiger partial charge in [-0.3, -0.25) is 0 Å². The zero-order chi connectivity index (χ0) is 12.0. The zero-order valence-corrected chi connectivity index (χ0v) is 10.7. The third kappa shape index (κ3) is 4.34. The van der Waals surface area contributed by atoms with Gasteiger partial charge in [0.15, 0.2) is 0 Å². The minimum Gasteiger partial charge on any atom is -0.379 e. The van der Waals surface area contributed by atoms with Crippen LogP contribution in [0.2, 0.25) is 0 Å². The Labute approximate surface area is 97.5 Å². The molecule has 1 unspecified atom stereocenters. The van der Waals surface area contributed by atoms with Gasteiger partial charge in [-0.1, -0.05) is 6.92 Å². The van der Waals surface area contributed by atoms with E-state index < -0.39 is 10.2 Å². The maximum Gasteiger partial charge on any atom is 0.279 e. The molecule has 0 aliphatic carbocycles. The SMILES string of the molecule is CNCC(C)CNS(=O)(=O)N1CCOCC1. The molecule has 0 aromatic carbocycles. The van der Waals surface area contributed by atoms with Crippen LogP contribution in [0.15, 0.2) is 0 Å². The summed E-state index contributed by atoms with van der Waals surface area (Å²) in [6.07, 6.45) is 0. The normalized spacial score (nSPS) is 20.9. The van der Waals surface area contributed by atoms with Gasteiger partial charge in [-0.25, -0.2) is 4.72 Å². The quantitative estimate of drug-likeness (QED) is 0.636. The molecule has 1 saturated heterocycles. The molecule has 2 N–H and O–H groups in total. The number of morpholine rings is 1. The van der Waals surface area contributed by atoms with Crippen molar-refractivity contribution in [3.63, 3.8) is 0 Å². The van der Waals surface area contributed by atoms with Crippen molar-refractivity contribution in [2.24, 2.45) is 5.92 Å². The summed E-state index contributed by atoms with van der Waals surface area (Å²) in [5, 5.41) is 3.01. The van der Waals surface area contributed by atoms with Crippen molar-refractivity contribution in [1.29, 1.82) is 0 Å². The third-order valence-corrected chi connectivity index (χ3v) is 4.05. The number of hydrogen-bond acceptors (Lipinski definition) is 4. The summed E-state index contributed by atoms with van der Waals surface area (Å²) in [6, 6.07) is 0. The molecule has 0 spiro atoms. The molecule has 1 rings (SSSR count). The molecule has 0 bridgehead atoms. The topological polar surface area (TPSA) is 70.7 Å². The van der Waals surface area contributed by atoms with Gasteiger partial charge in [0, 0.05) is 19.6 Å². The molecular formula is C9H21N3O3S. The maximum atomic E-state index is 11.8. The van der Waals surface area contributed by atoms with Crippen LogP contribution in [0, 0.1) is 5.92 Å². The first-order chi connectivity index (χ1) is 7.56.